The van der Waals surface area contributed by atoms with E-state index >= 15 is 0 Å². The van der Waals surface area contributed by atoms with Crippen molar-refractivity contribution in [2.75, 3.05) is 0 Å². The van der Waals surface area contributed by atoms with Crippen molar-refractivity contribution < 1.29 is 24.0 Å². The molecule has 8 nitrogen and oxygen atoms in total. The molecule has 4 atom stereocenters. The molecule has 1 fully saturated rings. The lowest BCUT2D eigenvalue weighted by molar-refractivity contribution is -0.139. The third-order valence-corrected chi connectivity index (χ3v) is 5.64. The lowest BCUT2D eigenvalue weighted by Gasteiger charge is -2.33. The van der Waals surface area contributed by atoms with E-state index < -0.39 is 58.7 Å². The van der Waals surface area contributed by atoms with Crippen molar-refractivity contribution in [1.29, 1.82) is 0 Å². The second kappa shape index (κ2) is 12.1. The van der Waals surface area contributed by atoms with Crippen LogP contribution in [0, 0.1) is 17.3 Å². The molecule has 0 saturated carbocycles. The Morgan fingerprint density at radius 3 is 2.11 bits per heavy atom. The smallest absolute Gasteiger partial charge is 0.247 e. The van der Waals surface area contributed by atoms with Crippen LogP contribution in [0.5, 0.6) is 0 Å². The predicted octanol–water partition coefficient (Wildman–Crippen LogP) is 2.54. The van der Waals surface area contributed by atoms with Crippen LogP contribution >= 0.6 is 0 Å². The van der Waals surface area contributed by atoms with E-state index in [2.05, 4.69) is 16.0 Å². The number of amides is 4. The average molecular weight is 480 g/mol. The zero-order valence-electron chi connectivity index (χ0n) is 20.7. The van der Waals surface area contributed by atoms with Gasteiger partial charge in [-0.3, -0.25) is 29.3 Å². The van der Waals surface area contributed by atoms with E-state index in [0.29, 0.717) is 5.56 Å². The van der Waals surface area contributed by atoms with E-state index in [9.17, 15) is 24.0 Å². The zero-order valence-corrected chi connectivity index (χ0v) is 20.7. The fourth-order valence-electron chi connectivity index (χ4n) is 3.71. The SMILES string of the molecule is CC=CC=CC=CC(=O)NC(C(=O)NC(C(=O)C1C(=O)NC(=O)C1C)C(C)(C)C)c1ccccc1. The van der Waals surface area contributed by atoms with Gasteiger partial charge in [0.25, 0.3) is 0 Å². The summed E-state index contributed by atoms with van der Waals surface area (Å²) in [5.41, 5.74) is -0.236. The lowest BCUT2D eigenvalue weighted by atomic mass is 9.77. The van der Waals surface area contributed by atoms with Crippen molar-refractivity contribution in [1.82, 2.24) is 16.0 Å². The van der Waals surface area contributed by atoms with Crippen LogP contribution in [0.1, 0.15) is 46.2 Å². The van der Waals surface area contributed by atoms with Crippen LogP contribution in [-0.4, -0.2) is 35.5 Å². The maximum absolute atomic E-state index is 13.4. The maximum Gasteiger partial charge on any atom is 0.247 e. The van der Waals surface area contributed by atoms with Crippen LogP contribution in [0.15, 0.2) is 66.8 Å². The van der Waals surface area contributed by atoms with Crippen molar-refractivity contribution in [3.63, 3.8) is 0 Å². The number of ketones is 1. The molecule has 8 heteroatoms. The highest BCUT2D eigenvalue weighted by molar-refractivity contribution is 6.17. The molecule has 186 valence electrons. The third kappa shape index (κ3) is 7.34. The molecule has 0 aromatic heterocycles. The first-order chi connectivity index (χ1) is 16.5. The van der Waals surface area contributed by atoms with Crippen LogP contribution in [-0.2, 0) is 24.0 Å². The van der Waals surface area contributed by atoms with Gasteiger partial charge in [-0.25, -0.2) is 0 Å². The fourth-order valence-corrected chi connectivity index (χ4v) is 3.71. The van der Waals surface area contributed by atoms with Gasteiger partial charge in [0, 0.05) is 6.08 Å². The standard InChI is InChI=1S/C27H33N3O5/c1-6-7-8-9-13-16-19(31)28-21(18-14-11-10-12-15-18)26(35)29-23(27(3,4)5)22(32)20-17(2)24(33)30-25(20)34/h6-17,20-21,23H,1-5H3,(H,28,31)(H,29,35)(H,30,33,34). The number of allylic oxidation sites excluding steroid dienone is 5. The van der Waals surface area contributed by atoms with E-state index in [0.717, 1.165) is 0 Å². The number of imide groups is 1. The van der Waals surface area contributed by atoms with E-state index in [-0.39, 0.29) is 0 Å². The van der Waals surface area contributed by atoms with Crippen molar-refractivity contribution >= 4 is 29.4 Å². The molecule has 3 N–H and O–H groups in total. The molecule has 1 aliphatic rings. The molecule has 1 heterocycles. The number of rotatable bonds is 9. The first kappa shape index (κ1) is 27.4. The Morgan fingerprint density at radius 1 is 0.943 bits per heavy atom. The maximum atomic E-state index is 13.4. The Labute approximate surface area is 205 Å². The highest BCUT2D eigenvalue weighted by Gasteiger charge is 2.48. The van der Waals surface area contributed by atoms with Crippen LogP contribution < -0.4 is 16.0 Å². The van der Waals surface area contributed by atoms with E-state index in [1.165, 1.54) is 13.0 Å². The van der Waals surface area contributed by atoms with Gasteiger partial charge in [0.15, 0.2) is 5.78 Å². The summed E-state index contributed by atoms with van der Waals surface area (Å²) in [6.07, 6.45) is 9.94. The molecule has 0 radical (unpaired) electrons. The fraction of sp³-hybridized carbons (Fsp3) is 0.370. The molecule has 1 aliphatic heterocycles. The van der Waals surface area contributed by atoms with E-state index in [1.54, 1.807) is 69.3 Å². The van der Waals surface area contributed by atoms with Crippen LogP contribution in [0.2, 0.25) is 0 Å². The van der Waals surface area contributed by atoms with Gasteiger partial charge in [-0.15, -0.1) is 0 Å². The Kier molecular flexibility index (Phi) is 9.45. The van der Waals surface area contributed by atoms with E-state index in [1.807, 2.05) is 19.1 Å². The minimum absolute atomic E-state index is 0.493. The van der Waals surface area contributed by atoms with Gasteiger partial charge in [-0.05, 0) is 17.9 Å². The van der Waals surface area contributed by atoms with Crippen molar-refractivity contribution in [3.05, 3.63) is 72.4 Å². The summed E-state index contributed by atoms with van der Waals surface area (Å²) in [5.74, 6) is -4.85. The van der Waals surface area contributed by atoms with Gasteiger partial charge in [0.05, 0.1) is 12.0 Å². The second-order valence-electron chi connectivity index (χ2n) is 9.45. The summed E-state index contributed by atoms with van der Waals surface area (Å²) in [6.45, 7) is 8.65. The van der Waals surface area contributed by atoms with Crippen molar-refractivity contribution in [2.45, 2.75) is 46.7 Å². The molecular weight excluding hydrogens is 446 g/mol. The number of Topliss-reactive ketones (excluding diaryl/α,β-unsaturated/α-hetero) is 1. The molecule has 1 aromatic rings. The highest BCUT2D eigenvalue weighted by atomic mass is 16.2. The average Bonchev–Trinajstić information content (AvgIpc) is 3.06. The Morgan fingerprint density at radius 2 is 1.57 bits per heavy atom. The van der Waals surface area contributed by atoms with Crippen molar-refractivity contribution in [3.8, 4) is 0 Å². The molecule has 4 unspecified atom stereocenters. The Hall–Kier alpha value is -3.81. The van der Waals surface area contributed by atoms with Gasteiger partial charge in [-0.1, -0.05) is 88.4 Å². The molecule has 1 aromatic carbocycles. The molecule has 2 rings (SSSR count). The van der Waals surface area contributed by atoms with Gasteiger partial charge in [0.2, 0.25) is 23.6 Å². The first-order valence-electron chi connectivity index (χ1n) is 11.5. The van der Waals surface area contributed by atoms with Crippen molar-refractivity contribution in [2.24, 2.45) is 17.3 Å². The van der Waals surface area contributed by atoms with Crippen LogP contribution in [0.25, 0.3) is 0 Å². The monoisotopic (exact) mass is 479 g/mol. The normalized spacial score (nSPS) is 20.3. The summed E-state index contributed by atoms with van der Waals surface area (Å²) in [4.78, 5) is 63.5. The summed E-state index contributed by atoms with van der Waals surface area (Å²) in [6, 6.07) is 6.49. The summed E-state index contributed by atoms with van der Waals surface area (Å²) in [7, 11) is 0. The zero-order chi connectivity index (χ0) is 26.2. The quantitative estimate of drug-likeness (QED) is 0.218. The number of nitrogens with one attached hydrogen (secondary N) is 3. The topological polar surface area (TPSA) is 121 Å². The molecular formula is C27H33N3O5. The molecule has 1 saturated heterocycles. The van der Waals surface area contributed by atoms with Gasteiger partial charge >= 0.3 is 0 Å². The van der Waals surface area contributed by atoms with Gasteiger partial charge in [0.1, 0.15) is 12.0 Å². The Bertz CT molecular complexity index is 1050. The lowest BCUT2D eigenvalue weighted by Crippen LogP contribution is -2.55. The van der Waals surface area contributed by atoms with Gasteiger partial charge in [-0.2, -0.15) is 0 Å². The number of benzene rings is 1. The largest absolute Gasteiger partial charge is 0.344 e. The van der Waals surface area contributed by atoms with E-state index in [4.69, 9.17) is 0 Å². The number of carbonyl (C=O) groups is 5. The van der Waals surface area contributed by atoms with Crippen LogP contribution in [0.4, 0.5) is 0 Å². The molecule has 4 amide bonds. The third-order valence-electron chi connectivity index (χ3n) is 5.64. The second-order valence-corrected chi connectivity index (χ2v) is 9.45. The molecule has 0 bridgehead atoms. The number of hydrogen-bond acceptors (Lipinski definition) is 5. The Balaban J connectivity index is 2.30. The highest BCUT2D eigenvalue weighted by Crippen LogP contribution is 2.29. The van der Waals surface area contributed by atoms with Crippen LogP contribution in [0.3, 0.4) is 0 Å². The summed E-state index contributed by atoms with van der Waals surface area (Å²) < 4.78 is 0. The number of carbonyl (C=O) groups excluding carboxylic acids is 5. The first-order valence-corrected chi connectivity index (χ1v) is 11.5. The van der Waals surface area contributed by atoms with Gasteiger partial charge < -0.3 is 10.6 Å². The summed E-state index contributed by atoms with van der Waals surface area (Å²) in [5, 5.41) is 7.59. The summed E-state index contributed by atoms with van der Waals surface area (Å²) >= 11 is 0. The minimum atomic E-state index is -1.19. The molecule has 0 spiro atoms. The molecule has 0 aliphatic carbocycles. The predicted molar refractivity (Wildman–Crippen MR) is 133 cm³/mol. The molecule has 35 heavy (non-hydrogen) atoms. The number of hydrogen-bond donors (Lipinski definition) is 3. The minimum Gasteiger partial charge on any atom is -0.344 e.